The third kappa shape index (κ3) is 5.02. The van der Waals surface area contributed by atoms with Gasteiger partial charge in [0.25, 0.3) is 0 Å². The van der Waals surface area contributed by atoms with Crippen molar-refractivity contribution in [3.05, 3.63) is 71.9 Å². The summed E-state index contributed by atoms with van der Waals surface area (Å²) in [5.41, 5.74) is 1.89. The molecule has 1 atom stereocenters. The van der Waals surface area contributed by atoms with Crippen molar-refractivity contribution < 1.29 is 17.8 Å². The molecule has 0 N–H and O–H groups in total. The lowest BCUT2D eigenvalue weighted by atomic mass is 10.2. The molecule has 2 aromatic carbocycles. The van der Waals surface area contributed by atoms with E-state index >= 15 is 0 Å². The second-order valence-corrected chi connectivity index (χ2v) is 8.89. The number of aryl methyl sites for hydroxylation is 1. The van der Waals surface area contributed by atoms with Gasteiger partial charge in [0.05, 0.1) is 17.0 Å². The van der Waals surface area contributed by atoms with Gasteiger partial charge in [-0.1, -0.05) is 30.3 Å². The molecule has 1 aliphatic rings. The Morgan fingerprint density at radius 2 is 1.74 bits per heavy atom. The van der Waals surface area contributed by atoms with Gasteiger partial charge in [0.1, 0.15) is 17.3 Å². The van der Waals surface area contributed by atoms with Gasteiger partial charge < -0.3 is 14.2 Å². The number of hydrogen-bond acceptors (Lipinski definition) is 5. The highest BCUT2D eigenvalue weighted by atomic mass is 32.2. The Bertz CT molecular complexity index is 1080. The molecule has 6 nitrogen and oxygen atoms in total. The fourth-order valence-corrected chi connectivity index (χ4v) is 4.73. The third-order valence-electron chi connectivity index (χ3n) is 5.33. The molecule has 162 valence electrons. The Hall–Kier alpha value is -3.00. The maximum absolute atomic E-state index is 14.0. The zero-order chi connectivity index (χ0) is 21.8. The highest BCUT2D eigenvalue weighted by Gasteiger charge is 2.24. The van der Waals surface area contributed by atoms with Crippen molar-refractivity contribution in [1.82, 2.24) is 9.88 Å². The molecular weight excluding hydrogens is 417 g/mol. The topological polar surface area (TPSA) is 66.7 Å². The van der Waals surface area contributed by atoms with Gasteiger partial charge in [-0.15, -0.1) is 0 Å². The van der Waals surface area contributed by atoms with Crippen LogP contribution in [0.1, 0.15) is 11.5 Å². The third-order valence-corrected chi connectivity index (χ3v) is 6.50. The van der Waals surface area contributed by atoms with Crippen molar-refractivity contribution in [2.75, 3.05) is 36.8 Å². The SMILES string of the molecule is Cc1oc(-c2ccccc2F)nc1CS(=O)CC(=O)N1CCN(c2ccccc2)CC1. The first-order chi connectivity index (χ1) is 15.0. The van der Waals surface area contributed by atoms with E-state index in [1.807, 2.05) is 18.2 Å². The minimum absolute atomic E-state index is 0.0628. The molecule has 0 bridgehead atoms. The van der Waals surface area contributed by atoms with Crippen LogP contribution in [0.3, 0.4) is 0 Å². The summed E-state index contributed by atoms with van der Waals surface area (Å²) in [6.45, 7) is 4.40. The number of aromatic nitrogens is 1. The molecule has 2 heterocycles. The molecule has 3 aromatic rings. The number of oxazole rings is 1. The Morgan fingerprint density at radius 3 is 2.45 bits per heavy atom. The van der Waals surface area contributed by atoms with E-state index in [4.69, 9.17) is 4.42 Å². The molecule has 8 heteroatoms. The number of piperazine rings is 1. The van der Waals surface area contributed by atoms with Crippen LogP contribution in [0.15, 0.2) is 59.0 Å². The van der Waals surface area contributed by atoms with Crippen LogP contribution in [-0.2, 0) is 21.3 Å². The fraction of sp³-hybridized carbons (Fsp3) is 0.304. The predicted molar refractivity (Wildman–Crippen MR) is 119 cm³/mol. The average Bonchev–Trinajstić information content (AvgIpc) is 3.14. The monoisotopic (exact) mass is 441 g/mol. The Labute approximate surface area is 183 Å². The predicted octanol–water partition coefficient (Wildman–Crippen LogP) is 3.39. The molecule has 0 radical (unpaired) electrons. The molecule has 0 aliphatic carbocycles. The number of halogens is 1. The van der Waals surface area contributed by atoms with E-state index in [1.54, 1.807) is 30.0 Å². The number of carbonyl (C=O) groups is 1. The van der Waals surface area contributed by atoms with Crippen LogP contribution in [0, 0.1) is 12.7 Å². The van der Waals surface area contributed by atoms with Crippen molar-refractivity contribution in [3.8, 4) is 11.5 Å². The van der Waals surface area contributed by atoms with E-state index in [0.29, 0.717) is 24.5 Å². The zero-order valence-electron chi connectivity index (χ0n) is 17.3. The molecule has 1 amide bonds. The largest absolute Gasteiger partial charge is 0.441 e. The number of hydrogen-bond donors (Lipinski definition) is 0. The van der Waals surface area contributed by atoms with Crippen LogP contribution >= 0.6 is 0 Å². The van der Waals surface area contributed by atoms with Crippen LogP contribution in [0.25, 0.3) is 11.5 Å². The maximum atomic E-state index is 14.0. The minimum Gasteiger partial charge on any atom is -0.441 e. The lowest BCUT2D eigenvalue weighted by molar-refractivity contribution is -0.128. The maximum Gasteiger partial charge on any atom is 0.235 e. The van der Waals surface area contributed by atoms with Gasteiger partial charge in [-0.2, -0.15) is 0 Å². The quantitative estimate of drug-likeness (QED) is 0.587. The number of amides is 1. The fourth-order valence-electron chi connectivity index (χ4n) is 3.60. The summed E-state index contributed by atoms with van der Waals surface area (Å²) in [6, 6.07) is 16.3. The van der Waals surface area contributed by atoms with Crippen molar-refractivity contribution in [1.29, 1.82) is 0 Å². The number of nitrogens with zero attached hydrogens (tertiary/aromatic N) is 3. The van der Waals surface area contributed by atoms with E-state index in [-0.39, 0.29) is 28.9 Å². The first kappa shape index (κ1) is 21.2. The number of benzene rings is 2. The van der Waals surface area contributed by atoms with Crippen molar-refractivity contribution >= 4 is 22.4 Å². The molecule has 0 saturated carbocycles. The van der Waals surface area contributed by atoms with Gasteiger partial charge >= 0.3 is 0 Å². The minimum atomic E-state index is -1.43. The number of carbonyl (C=O) groups excluding carboxylic acids is 1. The second-order valence-electron chi connectivity index (χ2n) is 7.43. The molecule has 31 heavy (non-hydrogen) atoms. The van der Waals surface area contributed by atoms with Crippen molar-refractivity contribution in [2.45, 2.75) is 12.7 Å². The smallest absolute Gasteiger partial charge is 0.235 e. The summed E-state index contributed by atoms with van der Waals surface area (Å²) in [6.07, 6.45) is 0. The van der Waals surface area contributed by atoms with Crippen molar-refractivity contribution in [2.24, 2.45) is 0 Å². The highest BCUT2D eigenvalue weighted by molar-refractivity contribution is 7.84. The first-order valence-electron chi connectivity index (χ1n) is 10.1. The standard InChI is InChI=1S/C23H24FN3O3S/c1-17-21(25-23(30-17)19-9-5-6-10-20(19)24)15-31(29)16-22(28)27-13-11-26(12-14-27)18-7-3-2-4-8-18/h2-10H,11-16H2,1H3. The van der Waals surface area contributed by atoms with Gasteiger partial charge in [-0.25, -0.2) is 9.37 Å². The van der Waals surface area contributed by atoms with E-state index < -0.39 is 16.6 Å². The first-order valence-corrected chi connectivity index (χ1v) is 11.6. The van der Waals surface area contributed by atoms with Crippen LogP contribution in [0.2, 0.25) is 0 Å². The molecule has 1 saturated heterocycles. The molecule has 1 unspecified atom stereocenters. The summed E-state index contributed by atoms with van der Waals surface area (Å²) in [5.74, 6) is 0.121. The van der Waals surface area contributed by atoms with Gasteiger partial charge in [-0.05, 0) is 31.2 Å². The lowest BCUT2D eigenvalue weighted by Crippen LogP contribution is -2.50. The van der Waals surface area contributed by atoms with Crippen LogP contribution in [-0.4, -0.2) is 51.9 Å². The molecule has 4 rings (SSSR count). The molecule has 1 aromatic heterocycles. The van der Waals surface area contributed by atoms with Gasteiger partial charge in [-0.3, -0.25) is 9.00 Å². The summed E-state index contributed by atoms with van der Waals surface area (Å²) in [5, 5.41) is 0. The second kappa shape index (κ2) is 9.43. The van der Waals surface area contributed by atoms with Crippen molar-refractivity contribution in [3.63, 3.8) is 0 Å². The summed E-state index contributed by atoms with van der Waals surface area (Å²) in [4.78, 5) is 20.9. The number of anilines is 1. The van der Waals surface area contributed by atoms with Gasteiger partial charge in [0.2, 0.25) is 11.8 Å². The van der Waals surface area contributed by atoms with Crippen LogP contribution in [0.5, 0.6) is 0 Å². The normalized spacial score (nSPS) is 15.2. The van der Waals surface area contributed by atoms with Crippen LogP contribution in [0.4, 0.5) is 10.1 Å². The average molecular weight is 442 g/mol. The lowest BCUT2D eigenvalue weighted by Gasteiger charge is -2.36. The Balaban J connectivity index is 1.32. The highest BCUT2D eigenvalue weighted by Crippen LogP contribution is 2.25. The van der Waals surface area contributed by atoms with Crippen LogP contribution < -0.4 is 4.90 Å². The Kier molecular flexibility index (Phi) is 6.46. The van der Waals surface area contributed by atoms with Gasteiger partial charge in [0.15, 0.2) is 0 Å². The molecule has 0 spiro atoms. The Morgan fingerprint density at radius 1 is 1.06 bits per heavy atom. The van der Waals surface area contributed by atoms with E-state index in [2.05, 4.69) is 22.0 Å². The molecule has 1 fully saturated rings. The van der Waals surface area contributed by atoms with E-state index in [1.165, 1.54) is 6.07 Å². The summed E-state index contributed by atoms with van der Waals surface area (Å²) in [7, 11) is -1.43. The number of rotatable bonds is 6. The number of para-hydroxylation sites is 1. The molecule has 1 aliphatic heterocycles. The van der Waals surface area contributed by atoms with E-state index in [9.17, 15) is 13.4 Å². The molecular formula is C23H24FN3O3S. The summed E-state index contributed by atoms with van der Waals surface area (Å²) < 4.78 is 32.2. The summed E-state index contributed by atoms with van der Waals surface area (Å²) >= 11 is 0. The van der Waals surface area contributed by atoms with Gasteiger partial charge in [0, 0.05) is 42.7 Å². The zero-order valence-corrected chi connectivity index (χ0v) is 18.1. The van der Waals surface area contributed by atoms with E-state index in [0.717, 1.165) is 18.8 Å².